The monoisotopic (exact) mass is 297 g/mol. The topological polar surface area (TPSA) is 37.3 Å². The van der Waals surface area contributed by atoms with Gasteiger partial charge in [0, 0.05) is 61.0 Å². The van der Waals surface area contributed by atoms with Crippen LogP contribution in [0.1, 0.15) is 18.2 Å². The third kappa shape index (κ3) is 2.66. The van der Waals surface area contributed by atoms with Crippen molar-refractivity contribution in [2.45, 2.75) is 20.4 Å². The van der Waals surface area contributed by atoms with Gasteiger partial charge in [0.2, 0.25) is 5.91 Å². The van der Waals surface area contributed by atoms with Crippen LogP contribution in [0.15, 0.2) is 30.3 Å². The van der Waals surface area contributed by atoms with Crippen LogP contribution in [0.4, 0.5) is 0 Å². The number of fused-ring (bicyclic) bond motifs is 1. The molecule has 0 bridgehead atoms. The number of carbonyl (C=O) groups is 1. The Balaban J connectivity index is 1.91. The molecule has 1 fully saturated rings. The molecule has 0 aliphatic carbocycles. The smallest absolute Gasteiger partial charge is 0.246 e. The maximum absolute atomic E-state index is 12.3. The van der Waals surface area contributed by atoms with E-state index >= 15 is 0 Å². The van der Waals surface area contributed by atoms with Crippen LogP contribution in [-0.4, -0.2) is 41.6 Å². The maximum atomic E-state index is 12.3. The van der Waals surface area contributed by atoms with Crippen LogP contribution in [0.2, 0.25) is 0 Å². The number of para-hydroxylation sites is 1. The highest BCUT2D eigenvalue weighted by Crippen LogP contribution is 2.26. The van der Waals surface area contributed by atoms with Crippen molar-refractivity contribution in [2.75, 3.05) is 26.2 Å². The fraction of sp³-hybridized carbons (Fsp3) is 0.389. The van der Waals surface area contributed by atoms with Gasteiger partial charge in [0.1, 0.15) is 0 Å². The molecule has 4 heteroatoms. The van der Waals surface area contributed by atoms with Gasteiger partial charge in [-0.3, -0.25) is 4.79 Å². The Hall–Kier alpha value is -2.07. The number of aryl methyl sites for hydroxylation is 1. The molecule has 1 aromatic heterocycles. The van der Waals surface area contributed by atoms with Crippen molar-refractivity contribution >= 4 is 22.9 Å². The second-order valence-electron chi connectivity index (χ2n) is 5.67. The lowest BCUT2D eigenvalue weighted by Crippen LogP contribution is -2.45. The van der Waals surface area contributed by atoms with Crippen LogP contribution in [0.3, 0.4) is 0 Å². The van der Waals surface area contributed by atoms with E-state index in [-0.39, 0.29) is 5.91 Å². The third-order valence-corrected chi connectivity index (χ3v) is 4.42. The quantitative estimate of drug-likeness (QED) is 0.884. The molecule has 1 aliphatic heterocycles. The second-order valence-corrected chi connectivity index (χ2v) is 5.67. The number of hydrogen-bond acceptors (Lipinski definition) is 2. The summed E-state index contributed by atoms with van der Waals surface area (Å²) in [6, 6.07) is 8.38. The van der Waals surface area contributed by atoms with E-state index in [9.17, 15) is 4.79 Å². The summed E-state index contributed by atoms with van der Waals surface area (Å²) in [6.07, 6.45) is 3.70. The first-order valence-electron chi connectivity index (χ1n) is 7.98. The molecule has 0 unspecified atom stereocenters. The van der Waals surface area contributed by atoms with E-state index in [1.807, 2.05) is 11.0 Å². The van der Waals surface area contributed by atoms with Crippen LogP contribution in [0, 0.1) is 6.92 Å². The predicted molar refractivity (Wildman–Crippen MR) is 90.8 cm³/mol. The molecule has 4 nitrogen and oxygen atoms in total. The van der Waals surface area contributed by atoms with E-state index < -0.39 is 0 Å². The predicted octanol–water partition coefficient (Wildman–Crippen LogP) is 2.41. The van der Waals surface area contributed by atoms with Crippen molar-refractivity contribution in [1.29, 1.82) is 0 Å². The zero-order valence-corrected chi connectivity index (χ0v) is 13.3. The minimum Gasteiger partial charge on any atom is -0.345 e. The van der Waals surface area contributed by atoms with E-state index in [4.69, 9.17) is 0 Å². The average Bonchev–Trinajstić information content (AvgIpc) is 2.84. The Bertz CT molecular complexity index is 708. The minimum absolute atomic E-state index is 0.106. The number of nitrogens with one attached hydrogen (secondary N) is 1. The maximum Gasteiger partial charge on any atom is 0.246 e. The number of carbonyl (C=O) groups excluding carboxylic acids is 1. The fourth-order valence-electron chi connectivity index (χ4n) is 3.22. The number of rotatable bonds is 3. The molecule has 1 N–H and O–H groups in total. The van der Waals surface area contributed by atoms with Crippen molar-refractivity contribution in [1.82, 2.24) is 14.8 Å². The van der Waals surface area contributed by atoms with Gasteiger partial charge in [-0.2, -0.15) is 0 Å². The van der Waals surface area contributed by atoms with E-state index in [1.54, 1.807) is 6.08 Å². The van der Waals surface area contributed by atoms with Gasteiger partial charge < -0.3 is 14.8 Å². The first-order valence-corrected chi connectivity index (χ1v) is 7.98. The molecule has 3 rings (SSSR count). The molecule has 1 saturated heterocycles. The molecular weight excluding hydrogens is 274 g/mol. The van der Waals surface area contributed by atoms with Crippen LogP contribution >= 0.6 is 0 Å². The lowest BCUT2D eigenvalue weighted by atomic mass is 10.1. The van der Waals surface area contributed by atoms with E-state index in [1.165, 1.54) is 16.6 Å². The van der Waals surface area contributed by atoms with Crippen molar-refractivity contribution in [2.24, 2.45) is 0 Å². The third-order valence-electron chi connectivity index (χ3n) is 4.42. The summed E-state index contributed by atoms with van der Waals surface area (Å²) in [5.41, 5.74) is 3.60. The average molecular weight is 297 g/mol. The Labute approximate surface area is 131 Å². The largest absolute Gasteiger partial charge is 0.345 e. The first kappa shape index (κ1) is 14.9. The zero-order chi connectivity index (χ0) is 15.5. The first-order chi connectivity index (χ1) is 10.7. The molecular formula is C18H23N3O. The second kappa shape index (κ2) is 6.36. The van der Waals surface area contributed by atoms with Gasteiger partial charge in [0.25, 0.3) is 0 Å². The van der Waals surface area contributed by atoms with Gasteiger partial charge in [0.05, 0.1) is 0 Å². The highest BCUT2D eigenvalue weighted by atomic mass is 16.2. The molecule has 0 saturated carbocycles. The molecule has 1 amide bonds. The molecule has 2 heterocycles. The van der Waals surface area contributed by atoms with Crippen molar-refractivity contribution < 1.29 is 4.79 Å². The van der Waals surface area contributed by atoms with Crippen LogP contribution in [0.25, 0.3) is 17.0 Å². The summed E-state index contributed by atoms with van der Waals surface area (Å²) >= 11 is 0. The molecule has 116 valence electrons. The van der Waals surface area contributed by atoms with Crippen molar-refractivity contribution in [3.05, 3.63) is 41.6 Å². The number of aromatic nitrogens is 1. The number of amides is 1. The Morgan fingerprint density at radius 1 is 1.27 bits per heavy atom. The van der Waals surface area contributed by atoms with E-state index in [0.29, 0.717) is 0 Å². The Morgan fingerprint density at radius 2 is 2.00 bits per heavy atom. The summed E-state index contributed by atoms with van der Waals surface area (Å²) in [7, 11) is 0. The van der Waals surface area contributed by atoms with Gasteiger partial charge in [-0.1, -0.05) is 18.2 Å². The molecule has 1 aliphatic rings. The van der Waals surface area contributed by atoms with Crippen LogP contribution < -0.4 is 5.32 Å². The summed E-state index contributed by atoms with van der Waals surface area (Å²) in [5, 5.41) is 4.48. The van der Waals surface area contributed by atoms with E-state index in [2.05, 4.69) is 48.0 Å². The Morgan fingerprint density at radius 3 is 2.73 bits per heavy atom. The van der Waals surface area contributed by atoms with Gasteiger partial charge in [-0.15, -0.1) is 0 Å². The molecule has 2 aromatic rings. The highest BCUT2D eigenvalue weighted by Gasteiger charge is 2.15. The molecule has 22 heavy (non-hydrogen) atoms. The molecule has 1 aromatic carbocycles. The van der Waals surface area contributed by atoms with E-state index in [0.717, 1.165) is 38.3 Å². The van der Waals surface area contributed by atoms with Crippen molar-refractivity contribution in [3.63, 3.8) is 0 Å². The minimum atomic E-state index is 0.106. The van der Waals surface area contributed by atoms with Crippen LogP contribution in [-0.2, 0) is 11.3 Å². The lowest BCUT2D eigenvalue weighted by molar-refractivity contribution is -0.126. The molecule has 0 atom stereocenters. The summed E-state index contributed by atoms with van der Waals surface area (Å²) < 4.78 is 2.30. The normalized spacial score (nSPS) is 15.8. The van der Waals surface area contributed by atoms with Gasteiger partial charge in [-0.05, 0) is 26.0 Å². The van der Waals surface area contributed by atoms with Gasteiger partial charge >= 0.3 is 0 Å². The summed E-state index contributed by atoms with van der Waals surface area (Å²) in [6.45, 7) is 8.56. The standard InChI is InChI=1S/C18H23N3O/c1-3-21-14(2)15(16-6-4-5-7-17(16)21)8-9-18(22)20-12-10-19-11-13-20/h4-9,19H,3,10-13H2,1-2H3/b9-8+. The van der Waals surface area contributed by atoms with Crippen LogP contribution in [0.5, 0.6) is 0 Å². The molecule has 0 radical (unpaired) electrons. The number of nitrogens with zero attached hydrogens (tertiary/aromatic N) is 2. The number of piperazine rings is 1. The fourth-order valence-corrected chi connectivity index (χ4v) is 3.22. The Kier molecular flexibility index (Phi) is 4.29. The SMILES string of the molecule is CCn1c(C)c(/C=C/C(=O)N2CCNCC2)c2ccccc21. The number of benzene rings is 1. The number of hydrogen-bond donors (Lipinski definition) is 1. The summed E-state index contributed by atoms with van der Waals surface area (Å²) in [5.74, 6) is 0.106. The molecule has 0 spiro atoms. The summed E-state index contributed by atoms with van der Waals surface area (Å²) in [4.78, 5) is 14.2. The lowest BCUT2D eigenvalue weighted by Gasteiger charge is -2.26. The van der Waals surface area contributed by atoms with Gasteiger partial charge in [-0.25, -0.2) is 0 Å². The zero-order valence-electron chi connectivity index (χ0n) is 13.3. The van der Waals surface area contributed by atoms with Crippen molar-refractivity contribution in [3.8, 4) is 0 Å². The highest BCUT2D eigenvalue weighted by molar-refractivity contribution is 5.97. The van der Waals surface area contributed by atoms with Gasteiger partial charge in [0.15, 0.2) is 0 Å².